The third-order valence-electron chi connectivity index (χ3n) is 1.47. The molecule has 0 atom stereocenters. The zero-order valence-electron chi connectivity index (χ0n) is 7.60. The van der Waals surface area contributed by atoms with Gasteiger partial charge in [-0.25, -0.2) is 0 Å². The summed E-state index contributed by atoms with van der Waals surface area (Å²) in [7, 11) is 0. The normalized spacial score (nSPS) is 21.8. The fraction of sp³-hybridized carbons (Fsp3) is 0.556. The summed E-state index contributed by atoms with van der Waals surface area (Å²) >= 11 is 0. The highest BCUT2D eigenvalue weighted by Gasteiger charge is 2.25. The van der Waals surface area contributed by atoms with Crippen LogP contribution in [0.1, 0.15) is 27.2 Å². The molecule has 3 nitrogen and oxygen atoms in total. The van der Waals surface area contributed by atoms with Gasteiger partial charge in [0.2, 0.25) is 5.91 Å². The van der Waals surface area contributed by atoms with Crippen LogP contribution in [0.4, 0.5) is 0 Å². The van der Waals surface area contributed by atoms with Crippen LogP contribution in [-0.4, -0.2) is 11.7 Å². The lowest BCUT2D eigenvalue weighted by Crippen LogP contribution is -2.15. The van der Waals surface area contributed by atoms with Crippen LogP contribution in [0.15, 0.2) is 11.8 Å². The van der Waals surface area contributed by atoms with E-state index in [1.807, 2.05) is 20.8 Å². The second-order valence-corrected chi connectivity index (χ2v) is 4.07. The van der Waals surface area contributed by atoms with Gasteiger partial charge in [0.05, 0.1) is 12.1 Å². The number of Topliss-reactive ketones (excluding diaryl/α,β-unsaturated/α-hetero) is 1. The standard InChI is InChI=1S/C9H13NO2/c1-9(2,3)5-6-7(11)4-8(12)10-6/h5H,4H2,1-3H3,(H,10,12)/b6-5+. The molecule has 0 saturated carbocycles. The van der Waals surface area contributed by atoms with E-state index in [2.05, 4.69) is 5.32 Å². The fourth-order valence-corrected chi connectivity index (χ4v) is 1.05. The van der Waals surface area contributed by atoms with Gasteiger partial charge in [0.15, 0.2) is 5.78 Å². The van der Waals surface area contributed by atoms with E-state index in [1.165, 1.54) is 0 Å². The van der Waals surface area contributed by atoms with E-state index in [1.54, 1.807) is 6.08 Å². The average Bonchev–Trinajstić information content (AvgIpc) is 2.06. The SMILES string of the molecule is CC(C)(C)/C=C1/NC(=O)CC1=O. The minimum Gasteiger partial charge on any atom is -0.323 e. The van der Waals surface area contributed by atoms with Gasteiger partial charge < -0.3 is 5.32 Å². The number of ketones is 1. The van der Waals surface area contributed by atoms with Crippen LogP contribution in [0.5, 0.6) is 0 Å². The summed E-state index contributed by atoms with van der Waals surface area (Å²) in [5, 5.41) is 2.53. The quantitative estimate of drug-likeness (QED) is 0.432. The van der Waals surface area contributed by atoms with Crippen molar-refractivity contribution < 1.29 is 9.59 Å². The van der Waals surface area contributed by atoms with E-state index < -0.39 is 0 Å². The maximum atomic E-state index is 11.1. The van der Waals surface area contributed by atoms with Gasteiger partial charge in [-0.2, -0.15) is 0 Å². The molecule has 1 heterocycles. The van der Waals surface area contributed by atoms with Gasteiger partial charge in [-0.05, 0) is 5.41 Å². The molecule has 0 spiro atoms. The highest BCUT2D eigenvalue weighted by molar-refractivity contribution is 6.14. The van der Waals surface area contributed by atoms with Gasteiger partial charge in [0.1, 0.15) is 0 Å². The third-order valence-corrected chi connectivity index (χ3v) is 1.47. The Hall–Kier alpha value is -1.12. The lowest BCUT2D eigenvalue weighted by Gasteiger charge is -2.12. The summed E-state index contributed by atoms with van der Waals surface area (Å²) in [6, 6.07) is 0. The van der Waals surface area contributed by atoms with Gasteiger partial charge in [0.25, 0.3) is 0 Å². The topological polar surface area (TPSA) is 46.2 Å². The number of hydrogen-bond acceptors (Lipinski definition) is 2. The summed E-state index contributed by atoms with van der Waals surface area (Å²) < 4.78 is 0. The van der Waals surface area contributed by atoms with Crippen molar-refractivity contribution in [2.45, 2.75) is 27.2 Å². The highest BCUT2D eigenvalue weighted by Crippen LogP contribution is 2.19. The van der Waals surface area contributed by atoms with Crippen molar-refractivity contribution in [1.82, 2.24) is 5.32 Å². The summed E-state index contributed by atoms with van der Waals surface area (Å²) in [6.07, 6.45) is 1.79. The molecule has 0 aromatic heterocycles. The lowest BCUT2D eigenvalue weighted by molar-refractivity contribution is -0.121. The fourth-order valence-electron chi connectivity index (χ4n) is 1.05. The van der Waals surface area contributed by atoms with Gasteiger partial charge in [0, 0.05) is 0 Å². The largest absolute Gasteiger partial charge is 0.323 e. The summed E-state index contributed by atoms with van der Waals surface area (Å²) in [6.45, 7) is 5.95. The van der Waals surface area contributed by atoms with Crippen LogP contribution in [0.25, 0.3) is 0 Å². The highest BCUT2D eigenvalue weighted by atomic mass is 16.2. The monoisotopic (exact) mass is 167 g/mol. The molecule has 0 aromatic rings. The molecule has 1 rings (SSSR count). The first-order valence-electron chi connectivity index (χ1n) is 3.94. The van der Waals surface area contributed by atoms with E-state index in [0.717, 1.165) is 0 Å². The molecule has 1 N–H and O–H groups in total. The predicted octanol–water partition coefficient (Wildman–Crippen LogP) is 1.01. The number of carbonyl (C=O) groups is 2. The van der Waals surface area contributed by atoms with Crippen LogP contribution >= 0.6 is 0 Å². The van der Waals surface area contributed by atoms with Crippen molar-refractivity contribution in [2.75, 3.05) is 0 Å². The van der Waals surface area contributed by atoms with Crippen molar-refractivity contribution in [3.8, 4) is 0 Å². The van der Waals surface area contributed by atoms with Crippen LogP contribution in [-0.2, 0) is 9.59 Å². The van der Waals surface area contributed by atoms with E-state index in [9.17, 15) is 9.59 Å². The zero-order chi connectivity index (χ0) is 9.35. The Labute approximate surface area is 71.8 Å². The molecule has 1 saturated heterocycles. The van der Waals surface area contributed by atoms with Crippen molar-refractivity contribution in [2.24, 2.45) is 5.41 Å². The Bertz CT molecular complexity index is 258. The summed E-state index contributed by atoms with van der Waals surface area (Å²) in [5.74, 6) is -0.301. The minimum atomic E-state index is -0.199. The molecule has 1 aliphatic heterocycles. The van der Waals surface area contributed by atoms with E-state index in [-0.39, 0.29) is 23.5 Å². The van der Waals surface area contributed by atoms with Gasteiger partial charge in [-0.3, -0.25) is 9.59 Å². The number of nitrogens with one attached hydrogen (secondary N) is 1. The van der Waals surface area contributed by atoms with Crippen LogP contribution < -0.4 is 5.32 Å². The van der Waals surface area contributed by atoms with Crippen molar-refractivity contribution >= 4 is 11.7 Å². The first-order chi connectivity index (χ1) is 5.38. The Kier molecular flexibility index (Phi) is 2.04. The first-order valence-corrected chi connectivity index (χ1v) is 3.94. The second kappa shape index (κ2) is 2.73. The second-order valence-electron chi connectivity index (χ2n) is 4.07. The minimum absolute atomic E-state index is 0.00190. The van der Waals surface area contributed by atoms with Crippen LogP contribution in [0, 0.1) is 5.41 Å². The predicted molar refractivity (Wildman–Crippen MR) is 45.3 cm³/mol. The Balaban J connectivity index is 2.84. The molecule has 66 valence electrons. The number of allylic oxidation sites excluding steroid dienone is 2. The number of amides is 1. The molecular formula is C9H13NO2. The van der Waals surface area contributed by atoms with Gasteiger partial charge in [-0.15, -0.1) is 0 Å². The Morgan fingerprint density at radius 1 is 1.33 bits per heavy atom. The molecule has 0 bridgehead atoms. The number of hydrogen-bond donors (Lipinski definition) is 1. The maximum Gasteiger partial charge on any atom is 0.232 e. The molecule has 0 aromatic carbocycles. The molecule has 0 radical (unpaired) electrons. The number of rotatable bonds is 0. The molecule has 0 aliphatic carbocycles. The van der Waals surface area contributed by atoms with E-state index in [0.29, 0.717) is 5.70 Å². The molecule has 1 fully saturated rings. The van der Waals surface area contributed by atoms with Crippen LogP contribution in [0.3, 0.4) is 0 Å². The maximum absolute atomic E-state index is 11.1. The van der Waals surface area contributed by atoms with E-state index >= 15 is 0 Å². The zero-order valence-corrected chi connectivity index (χ0v) is 7.60. The average molecular weight is 167 g/mol. The molecule has 12 heavy (non-hydrogen) atoms. The first kappa shape index (κ1) is 8.97. The van der Waals surface area contributed by atoms with E-state index in [4.69, 9.17) is 0 Å². The Morgan fingerprint density at radius 3 is 2.25 bits per heavy atom. The molecule has 1 amide bonds. The van der Waals surface area contributed by atoms with Gasteiger partial charge in [-0.1, -0.05) is 26.8 Å². The third kappa shape index (κ3) is 2.19. The number of carbonyl (C=O) groups excluding carboxylic acids is 2. The molecule has 1 aliphatic rings. The van der Waals surface area contributed by atoms with Gasteiger partial charge >= 0.3 is 0 Å². The van der Waals surface area contributed by atoms with Crippen molar-refractivity contribution in [3.63, 3.8) is 0 Å². The van der Waals surface area contributed by atoms with Crippen molar-refractivity contribution in [3.05, 3.63) is 11.8 Å². The molecule has 0 unspecified atom stereocenters. The smallest absolute Gasteiger partial charge is 0.232 e. The Morgan fingerprint density at radius 2 is 1.92 bits per heavy atom. The lowest BCUT2D eigenvalue weighted by atomic mass is 9.95. The summed E-state index contributed by atoms with van der Waals surface area (Å²) in [4.78, 5) is 21.9. The molecule has 3 heteroatoms. The molecular weight excluding hydrogens is 154 g/mol. The van der Waals surface area contributed by atoms with Crippen LogP contribution in [0.2, 0.25) is 0 Å². The van der Waals surface area contributed by atoms with Crippen molar-refractivity contribution in [1.29, 1.82) is 0 Å². The summed E-state index contributed by atoms with van der Waals surface area (Å²) in [5.41, 5.74) is 0.385.